The van der Waals surface area contributed by atoms with Gasteiger partial charge in [-0.15, -0.1) is 0 Å². The molecule has 0 aliphatic rings. The van der Waals surface area contributed by atoms with Gasteiger partial charge in [0.05, 0.1) is 0 Å². The third-order valence-electron chi connectivity index (χ3n) is 2.94. The molecule has 0 spiro atoms. The Balaban J connectivity index is 2.63. The van der Waals surface area contributed by atoms with Gasteiger partial charge >= 0.3 is 13.6 Å². The van der Waals surface area contributed by atoms with Crippen molar-refractivity contribution in [1.82, 2.24) is 0 Å². The van der Waals surface area contributed by atoms with Crippen molar-refractivity contribution in [2.75, 3.05) is 13.7 Å². The Morgan fingerprint density at radius 2 is 2.17 bits per heavy atom. The van der Waals surface area contributed by atoms with Crippen LogP contribution in [0.3, 0.4) is 0 Å². The smallest absolute Gasteiger partial charge is 0.368 e. The number of carbonyl (C=O) groups is 1. The Kier molecular flexibility index (Phi) is 7.99. The summed E-state index contributed by atoms with van der Waals surface area (Å²) in [6, 6.07) is 3.72. The van der Waals surface area contributed by atoms with Crippen molar-refractivity contribution >= 4 is 25.2 Å². The summed E-state index contributed by atoms with van der Waals surface area (Å²) in [5, 5.41) is 0.193. The van der Waals surface area contributed by atoms with E-state index in [0.717, 1.165) is 19.6 Å². The third-order valence-corrected chi connectivity index (χ3v) is 4.79. The van der Waals surface area contributed by atoms with Crippen molar-refractivity contribution in [3.8, 4) is 5.75 Å². The van der Waals surface area contributed by atoms with Crippen molar-refractivity contribution in [3.05, 3.63) is 29.0 Å². The third kappa shape index (κ3) is 6.47. The zero-order valence-corrected chi connectivity index (χ0v) is 14.5. The van der Waals surface area contributed by atoms with E-state index in [-0.39, 0.29) is 17.2 Å². The van der Waals surface area contributed by atoms with Crippen molar-refractivity contribution in [1.29, 1.82) is 0 Å². The lowest BCUT2D eigenvalue weighted by molar-refractivity contribution is -0.149. The highest BCUT2D eigenvalue weighted by atomic mass is 35.5. The van der Waals surface area contributed by atoms with Gasteiger partial charge in [-0.25, -0.2) is 9.18 Å². The Morgan fingerprint density at radius 3 is 2.74 bits per heavy atom. The number of hydrogen-bond acceptors (Lipinski definition) is 5. The van der Waals surface area contributed by atoms with Crippen LogP contribution in [0.2, 0.25) is 5.02 Å². The van der Waals surface area contributed by atoms with E-state index in [4.69, 9.17) is 21.1 Å². The van der Waals surface area contributed by atoms with Gasteiger partial charge in [-0.05, 0) is 31.0 Å². The first kappa shape index (κ1) is 19.9. The maximum absolute atomic E-state index is 13.5. The van der Waals surface area contributed by atoms with Gasteiger partial charge in [0.2, 0.25) is 5.85 Å². The molecular weight excluding hydrogens is 350 g/mol. The molecule has 130 valence electrons. The standard InChI is InChI=1S/C14H19ClFO6P/c1-3-4-5-14(23(18,19)20-2)22-13(17)9-21-12-7-6-10(15)8-11(12)16/h6-8,14H,3-5,9H2,1-2H3,(H,18,19). The molecule has 23 heavy (non-hydrogen) atoms. The lowest BCUT2D eigenvalue weighted by Crippen LogP contribution is -2.23. The van der Waals surface area contributed by atoms with Crippen LogP contribution in [0.25, 0.3) is 0 Å². The first-order chi connectivity index (χ1) is 10.8. The molecule has 1 N–H and O–H groups in total. The van der Waals surface area contributed by atoms with Crippen LogP contribution in [0.1, 0.15) is 26.2 Å². The minimum Gasteiger partial charge on any atom is -0.479 e. The summed E-state index contributed by atoms with van der Waals surface area (Å²) >= 11 is 5.60. The summed E-state index contributed by atoms with van der Waals surface area (Å²) in [6.07, 6.45) is 1.52. The lowest BCUT2D eigenvalue weighted by Gasteiger charge is -2.21. The summed E-state index contributed by atoms with van der Waals surface area (Å²) in [6.45, 7) is 1.28. The molecule has 0 aromatic heterocycles. The SMILES string of the molecule is CCCCC(OC(=O)COc1ccc(Cl)cc1F)P(=O)(O)OC. The van der Waals surface area contributed by atoms with Crippen LogP contribution in [0.15, 0.2) is 18.2 Å². The number of unbranched alkanes of at least 4 members (excludes halogenated alkanes) is 1. The van der Waals surface area contributed by atoms with Gasteiger partial charge in [-0.1, -0.05) is 24.9 Å². The molecule has 1 aromatic carbocycles. The van der Waals surface area contributed by atoms with Gasteiger partial charge in [-0.2, -0.15) is 0 Å². The van der Waals surface area contributed by atoms with Gasteiger partial charge in [0.25, 0.3) is 0 Å². The predicted octanol–water partition coefficient (Wildman–Crippen LogP) is 3.75. The quantitative estimate of drug-likeness (QED) is 0.528. The average molecular weight is 369 g/mol. The molecular formula is C14H19ClFO6P. The van der Waals surface area contributed by atoms with Crippen LogP contribution < -0.4 is 4.74 Å². The van der Waals surface area contributed by atoms with E-state index in [1.165, 1.54) is 12.1 Å². The molecule has 6 nitrogen and oxygen atoms in total. The number of hydrogen-bond donors (Lipinski definition) is 1. The number of ether oxygens (including phenoxy) is 2. The minimum atomic E-state index is -4.07. The van der Waals surface area contributed by atoms with Gasteiger partial charge in [-0.3, -0.25) is 4.57 Å². The average Bonchev–Trinajstić information content (AvgIpc) is 2.50. The van der Waals surface area contributed by atoms with Gasteiger partial charge in [0, 0.05) is 12.1 Å². The fourth-order valence-electron chi connectivity index (χ4n) is 1.70. The van der Waals surface area contributed by atoms with Crippen LogP contribution >= 0.6 is 19.2 Å². The van der Waals surface area contributed by atoms with E-state index in [0.29, 0.717) is 6.42 Å². The molecule has 0 saturated heterocycles. The van der Waals surface area contributed by atoms with Crippen molar-refractivity contribution in [3.63, 3.8) is 0 Å². The monoisotopic (exact) mass is 368 g/mol. The number of rotatable bonds is 9. The molecule has 2 unspecified atom stereocenters. The zero-order chi connectivity index (χ0) is 17.5. The molecule has 2 atom stereocenters. The van der Waals surface area contributed by atoms with Crippen molar-refractivity contribution < 1.29 is 32.6 Å². The second-order valence-electron chi connectivity index (χ2n) is 4.70. The van der Waals surface area contributed by atoms with Gasteiger partial charge in [0.15, 0.2) is 18.2 Å². The summed E-state index contributed by atoms with van der Waals surface area (Å²) in [5.41, 5.74) is 0. The van der Waals surface area contributed by atoms with Crippen molar-refractivity contribution in [2.45, 2.75) is 32.0 Å². The normalized spacial score (nSPS) is 14.8. The Labute approximate surface area is 139 Å². The van der Waals surface area contributed by atoms with E-state index in [2.05, 4.69) is 4.52 Å². The Morgan fingerprint density at radius 1 is 1.48 bits per heavy atom. The van der Waals surface area contributed by atoms with Crippen LogP contribution in [0.5, 0.6) is 5.75 Å². The predicted molar refractivity (Wildman–Crippen MR) is 83.1 cm³/mol. The van der Waals surface area contributed by atoms with Crippen LogP contribution in [0.4, 0.5) is 4.39 Å². The number of benzene rings is 1. The molecule has 1 aromatic rings. The van der Waals surface area contributed by atoms with E-state index < -0.39 is 31.8 Å². The highest BCUT2D eigenvalue weighted by molar-refractivity contribution is 7.53. The highest BCUT2D eigenvalue weighted by Gasteiger charge is 2.34. The maximum Gasteiger partial charge on any atom is 0.368 e. The summed E-state index contributed by atoms with van der Waals surface area (Å²) < 4.78 is 39.8. The van der Waals surface area contributed by atoms with E-state index in [9.17, 15) is 18.6 Å². The first-order valence-corrected chi connectivity index (χ1v) is 8.98. The zero-order valence-electron chi connectivity index (χ0n) is 12.8. The second kappa shape index (κ2) is 9.23. The molecule has 0 amide bonds. The van der Waals surface area contributed by atoms with E-state index >= 15 is 0 Å². The molecule has 0 saturated carbocycles. The second-order valence-corrected chi connectivity index (χ2v) is 7.20. The highest BCUT2D eigenvalue weighted by Crippen LogP contribution is 2.49. The Bertz CT molecular complexity index is 582. The summed E-state index contributed by atoms with van der Waals surface area (Å²) in [5.74, 6) is -3.07. The van der Waals surface area contributed by atoms with Crippen LogP contribution in [-0.2, 0) is 18.6 Å². The molecule has 0 radical (unpaired) electrons. The largest absolute Gasteiger partial charge is 0.479 e. The van der Waals surface area contributed by atoms with E-state index in [1.807, 2.05) is 6.92 Å². The molecule has 0 aliphatic heterocycles. The molecule has 1 rings (SSSR count). The van der Waals surface area contributed by atoms with E-state index in [1.54, 1.807) is 0 Å². The molecule has 0 fully saturated rings. The number of carbonyl (C=O) groups excluding carboxylic acids is 1. The van der Waals surface area contributed by atoms with Crippen LogP contribution in [0, 0.1) is 5.82 Å². The molecule has 0 aliphatic carbocycles. The fourth-order valence-corrected chi connectivity index (χ4v) is 2.85. The molecule has 0 heterocycles. The summed E-state index contributed by atoms with van der Waals surface area (Å²) in [7, 11) is -3.01. The lowest BCUT2D eigenvalue weighted by atomic mass is 10.3. The fraction of sp³-hybridized carbons (Fsp3) is 0.500. The van der Waals surface area contributed by atoms with Crippen molar-refractivity contribution in [2.24, 2.45) is 0 Å². The number of halogens is 2. The van der Waals surface area contributed by atoms with Gasteiger partial charge in [0.1, 0.15) is 0 Å². The number of esters is 1. The molecule has 9 heteroatoms. The minimum absolute atomic E-state index is 0.171. The maximum atomic E-state index is 13.5. The topological polar surface area (TPSA) is 82.1 Å². The first-order valence-electron chi connectivity index (χ1n) is 6.95. The Hall–Kier alpha value is -1.14. The van der Waals surface area contributed by atoms with Crippen LogP contribution in [-0.4, -0.2) is 30.4 Å². The summed E-state index contributed by atoms with van der Waals surface area (Å²) in [4.78, 5) is 21.4. The molecule has 0 bridgehead atoms. The van der Waals surface area contributed by atoms with Gasteiger partial charge < -0.3 is 18.9 Å².